The van der Waals surface area contributed by atoms with Gasteiger partial charge < -0.3 is 9.80 Å². The number of hydrogen-bond donors (Lipinski definition) is 0. The van der Waals surface area contributed by atoms with E-state index in [1.807, 2.05) is 30.3 Å². The second kappa shape index (κ2) is 9.06. The van der Waals surface area contributed by atoms with Gasteiger partial charge in [-0.15, -0.1) is 0 Å². The van der Waals surface area contributed by atoms with E-state index in [1.165, 1.54) is 4.90 Å². The molecule has 0 atom stereocenters. The average molecular weight is 468 g/mol. The van der Waals surface area contributed by atoms with Crippen molar-refractivity contribution in [3.63, 3.8) is 0 Å². The predicted molar refractivity (Wildman–Crippen MR) is 145 cm³/mol. The SMILES string of the molecule is N#Cc1ccc2c(c1)N(c1ccc(N(c3ccccc3)c3ccccc3)cc1)c1ccccc1S2. The highest BCUT2D eigenvalue weighted by atomic mass is 32.2. The van der Waals surface area contributed by atoms with Crippen LogP contribution in [-0.2, 0) is 0 Å². The summed E-state index contributed by atoms with van der Waals surface area (Å²) < 4.78 is 0. The molecule has 0 aliphatic carbocycles. The molecule has 0 saturated carbocycles. The summed E-state index contributed by atoms with van der Waals surface area (Å²) >= 11 is 1.74. The van der Waals surface area contributed by atoms with Gasteiger partial charge in [-0.1, -0.05) is 60.3 Å². The fourth-order valence-electron chi connectivity index (χ4n) is 4.45. The highest BCUT2D eigenvalue weighted by Gasteiger charge is 2.25. The van der Waals surface area contributed by atoms with Crippen LogP contribution in [0.25, 0.3) is 0 Å². The summed E-state index contributed by atoms with van der Waals surface area (Å²) in [7, 11) is 0. The van der Waals surface area contributed by atoms with Gasteiger partial charge in [-0.25, -0.2) is 0 Å². The van der Waals surface area contributed by atoms with Crippen molar-refractivity contribution in [3.8, 4) is 6.07 Å². The molecule has 0 fully saturated rings. The molecule has 5 aromatic rings. The lowest BCUT2D eigenvalue weighted by Crippen LogP contribution is -2.15. The standard InChI is InChI=1S/C31H21N3S/c32-22-23-15-20-31-29(21-23)34(28-13-7-8-14-30(28)35-31)27-18-16-26(17-19-27)33(24-9-3-1-4-10-24)25-11-5-2-6-12-25/h1-21H. The molecule has 35 heavy (non-hydrogen) atoms. The largest absolute Gasteiger partial charge is 0.311 e. The first-order chi connectivity index (χ1) is 17.3. The van der Waals surface area contributed by atoms with Gasteiger partial charge in [0, 0.05) is 32.5 Å². The number of anilines is 6. The lowest BCUT2D eigenvalue weighted by Gasteiger charge is -2.33. The van der Waals surface area contributed by atoms with Crippen molar-refractivity contribution in [2.45, 2.75) is 9.79 Å². The third kappa shape index (κ3) is 3.93. The summed E-state index contributed by atoms with van der Waals surface area (Å²) in [6, 6.07) is 46.1. The lowest BCUT2D eigenvalue weighted by atomic mass is 10.1. The topological polar surface area (TPSA) is 30.3 Å². The predicted octanol–water partition coefficient (Wildman–Crippen LogP) is 8.96. The van der Waals surface area contributed by atoms with E-state index >= 15 is 0 Å². The average Bonchev–Trinajstić information content (AvgIpc) is 2.93. The van der Waals surface area contributed by atoms with Gasteiger partial charge in [-0.05, 0) is 78.9 Å². The van der Waals surface area contributed by atoms with E-state index < -0.39 is 0 Å². The maximum atomic E-state index is 9.52. The first kappa shape index (κ1) is 21.1. The van der Waals surface area contributed by atoms with E-state index in [0.717, 1.165) is 39.0 Å². The fraction of sp³-hybridized carbons (Fsp3) is 0. The molecular formula is C31H21N3S. The van der Waals surface area contributed by atoms with Crippen LogP contribution in [0.4, 0.5) is 34.1 Å². The van der Waals surface area contributed by atoms with Crippen molar-refractivity contribution in [1.82, 2.24) is 0 Å². The second-order valence-corrected chi connectivity index (χ2v) is 9.31. The molecule has 0 aromatic heterocycles. The van der Waals surface area contributed by atoms with E-state index in [1.54, 1.807) is 11.8 Å². The van der Waals surface area contributed by atoms with Crippen molar-refractivity contribution in [2.75, 3.05) is 9.80 Å². The summed E-state index contributed by atoms with van der Waals surface area (Å²) in [6.07, 6.45) is 0. The normalized spacial score (nSPS) is 11.8. The molecule has 1 aliphatic heterocycles. The molecule has 0 bridgehead atoms. The fourth-order valence-corrected chi connectivity index (χ4v) is 5.49. The molecule has 0 saturated heterocycles. The number of benzene rings is 5. The number of nitriles is 1. The van der Waals surface area contributed by atoms with Gasteiger partial charge in [0.15, 0.2) is 0 Å². The monoisotopic (exact) mass is 467 g/mol. The molecule has 4 heteroatoms. The molecule has 0 radical (unpaired) electrons. The zero-order valence-corrected chi connectivity index (χ0v) is 19.7. The molecule has 0 spiro atoms. The van der Waals surface area contributed by atoms with E-state index in [-0.39, 0.29) is 0 Å². The number of nitrogens with zero attached hydrogens (tertiary/aromatic N) is 3. The van der Waals surface area contributed by atoms with Crippen LogP contribution in [0.15, 0.2) is 137 Å². The third-order valence-electron chi connectivity index (χ3n) is 6.05. The van der Waals surface area contributed by atoms with Gasteiger partial charge in [0.2, 0.25) is 0 Å². The Morgan fingerprint density at radius 3 is 1.80 bits per heavy atom. The van der Waals surface area contributed by atoms with Crippen molar-refractivity contribution in [3.05, 3.63) is 133 Å². The summed E-state index contributed by atoms with van der Waals surface area (Å²) in [5, 5.41) is 9.52. The van der Waals surface area contributed by atoms with Crippen LogP contribution >= 0.6 is 11.8 Å². The van der Waals surface area contributed by atoms with Crippen LogP contribution in [0.5, 0.6) is 0 Å². The van der Waals surface area contributed by atoms with E-state index in [2.05, 4.69) is 113 Å². The molecule has 5 aromatic carbocycles. The van der Waals surface area contributed by atoms with Gasteiger partial charge in [-0.3, -0.25) is 0 Å². The van der Waals surface area contributed by atoms with Gasteiger partial charge in [0.1, 0.15) is 0 Å². The summed E-state index contributed by atoms with van der Waals surface area (Å²) in [6.45, 7) is 0. The number of fused-ring (bicyclic) bond motifs is 2. The Morgan fingerprint density at radius 2 is 1.14 bits per heavy atom. The van der Waals surface area contributed by atoms with E-state index in [0.29, 0.717) is 5.56 Å². The number of rotatable bonds is 4. The van der Waals surface area contributed by atoms with Crippen LogP contribution in [0, 0.1) is 11.3 Å². The Bertz CT molecular complexity index is 1480. The minimum atomic E-state index is 0.657. The summed E-state index contributed by atoms with van der Waals surface area (Å²) in [4.78, 5) is 6.85. The Balaban J connectivity index is 1.46. The minimum Gasteiger partial charge on any atom is -0.311 e. The quantitative estimate of drug-likeness (QED) is 0.259. The highest BCUT2D eigenvalue weighted by Crippen LogP contribution is 2.51. The highest BCUT2D eigenvalue weighted by molar-refractivity contribution is 7.99. The lowest BCUT2D eigenvalue weighted by molar-refractivity contribution is 1.16. The van der Waals surface area contributed by atoms with Gasteiger partial charge in [0.05, 0.1) is 23.0 Å². The van der Waals surface area contributed by atoms with Gasteiger partial charge in [0.25, 0.3) is 0 Å². The van der Waals surface area contributed by atoms with Crippen molar-refractivity contribution >= 4 is 45.9 Å². The number of hydrogen-bond acceptors (Lipinski definition) is 4. The minimum absolute atomic E-state index is 0.657. The Labute approximate surface area is 209 Å². The zero-order chi connectivity index (χ0) is 23.6. The maximum absolute atomic E-state index is 9.52. The van der Waals surface area contributed by atoms with Crippen molar-refractivity contribution < 1.29 is 0 Å². The van der Waals surface area contributed by atoms with Crippen LogP contribution < -0.4 is 9.80 Å². The summed E-state index contributed by atoms with van der Waals surface area (Å²) in [5.41, 5.74) is 7.16. The Morgan fingerprint density at radius 1 is 0.571 bits per heavy atom. The molecule has 1 heterocycles. The van der Waals surface area contributed by atoms with Crippen LogP contribution in [0.1, 0.15) is 5.56 Å². The molecular weight excluding hydrogens is 446 g/mol. The third-order valence-corrected chi connectivity index (χ3v) is 7.18. The first-order valence-electron chi connectivity index (χ1n) is 11.4. The smallest absolute Gasteiger partial charge is 0.0992 e. The van der Waals surface area contributed by atoms with Crippen molar-refractivity contribution in [2.24, 2.45) is 0 Å². The Kier molecular flexibility index (Phi) is 5.46. The van der Waals surface area contributed by atoms with Crippen molar-refractivity contribution in [1.29, 1.82) is 5.26 Å². The molecule has 0 unspecified atom stereocenters. The molecule has 166 valence electrons. The maximum Gasteiger partial charge on any atom is 0.0992 e. The van der Waals surface area contributed by atoms with Gasteiger partial charge >= 0.3 is 0 Å². The van der Waals surface area contributed by atoms with Crippen LogP contribution in [0.3, 0.4) is 0 Å². The molecule has 0 N–H and O–H groups in total. The van der Waals surface area contributed by atoms with Crippen LogP contribution in [0.2, 0.25) is 0 Å². The second-order valence-electron chi connectivity index (χ2n) is 8.22. The summed E-state index contributed by atoms with van der Waals surface area (Å²) in [5.74, 6) is 0. The number of para-hydroxylation sites is 3. The Hall–Kier alpha value is -4.46. The van der Waals surface area contributed by atoms with E-state index in [4.69, 9.17) is 0 Å². The van der Waals surface area contributed by atoms with Gasteiger partial charge in [-0.2, -0.15) is 5.26 Å². The molecule has 3 nitrogen and oxygen atoms in total. The van der Waals surface area contributed by atoms with E-state index in [9.17, 15) is 5.26 Å². The molecule has 6 rings (SSSR count). The molecule has 1 aliphatic rings. The zero-order valence-electron chi connectivity index (χ0n) is 18.9. The molecule has 0 amide bonds. The first-order valence-corrected chi connectivity index (χ1v) is 12.2. The van der Waals surface area contributed by atoms with Crippen LogP contribution in [-0.4, -0.2) is 0 Å².